The topological polar surface area (TPSA) is 60.4 Å². The van der Waals surface area contributed by atoms with Gasteiger partial charge in [0.25, 0.3) is 0 Å². The largest absolute Gasteiger partial charge is 0.468 e. The zero-order chi connectivity index (χ0) is 10.5. The lowest BCUT2D eigenvalue weighted by Gasteiger charge is -2.18. The highest BCUT2D eigenvalue weighted by atomic mass is 16.5. The summed E-state index contributed by atoms with van der Waals surface area (Å²) in [5.74, 6) is -0.638. The van der Waals surface area contributed by atoms with Gasteiger partial charge in [-0.1, -0.05) is 0 Å². The lowest BCUT2D eigenvalue weighted by Crippen LogP contribution is -2.31. The molecule has 0 aliphatic heterocycles. The van der Waals surface area contributed by atoms with Crippen LogP contribution in [0.15, 0.2) is 0 Å². The summed E-state index contributed by atoms with van der Waals surface area (Å²) in [6.45, 7) is 2.89. The maximum absolute atomic E-state index is 11.1. The summed E-state index contributed by atoms with van der Waals surface area (Å²) in [6, 6.07) is 0. The van der Waals surface area contributed by atoms with Gasteiger partial charge in [0.05, 0.1) is 7.11 Å². The first-order chi connectivity index (χ1) is 5.96. The molecule has 0 aliphatic carbocycles. The minimum absolute atomic E-state index is 0.0445. The van der Waals surface area contributed by atoms with Crippen LogP contribution in [-0.2, 0) is 19.1 Å². The number of ether oxygens (including phenoxy) is 1. The summed E-state index contributed by atoms with van der Waals surface area (Å²) < 4.78 is 4.46. The van der Waals surface area contributed by atoms with Crippen LogP contribution in [0.25, 0.3) is 0 Å². The standard InChI is InChI=1S/C9H14O4/c1-7(11)4-5-9(2,6-10)8(12)13-3/h6H,4-5H2,1-3H3. The zero-order valence-corrected chi connectivity index (χ0v) is 8.12. The van der Waals surface area contributed by atoms with E-state index >= 15 is 0 Å². The van der Waals surface area contributed by atoms with Crippen molar-refractivity contribution in [3.63, 3.8) is 0 Å². The van der Waals surface area contributed by atoms with E-state index in [-0.39, 0.29) is 18.6 Å². The van der Waals surface area contributed by atoms with Crippen LogP contribution in [0.5, 0.6) is 0 Å². The number of esters is 1. The molecule has 0 N–H and O–H groups in total. The van der Waals surface area contributed by atoms with Gasteiger partial charge >= 0.3 is 5.97 Å². The molecule has 1 atom stereocenters. The van der Waals surface area contributed by atoms with Crippen molar-refractivity contribution < 1.29 is 19.1 Å². The number of aldehydes is 1. The molecule has 0 saturated heterocycles. The number of rotatable bonds is 5. The van der Waals surface area contributed by atoms with E-state index in [4.69, 9.17) is 0 Å². The highest BCUT2D eigenvalue weighted by Crippen LogP contribution is 2.22. The molecule has 0 amide bonds. The average molecular weight is 186 g/mol. The number of carbonyl (C=O) groups is 3. The third kappa shape index (κ3) is 3.36. The van der Waals surface area contributed by atoms with Crippen molar-refractivity contribution in [2.24, 2.45) is 5.41 Å². The molecule has 0 bridgehead atoms. The van der Waals surface area contributed by atoms with E-state index in [9.17, 15) is 14.4 Å². The Hall–Kier alpha value is -1.19. The highest BCUT2D eigenvalue weighted by molar-refractivity contribution is 5.93. The number of hydrogen-bond donors (Lipinski definition) is 0. The predicted octanol–water partition coefficient (Wildman–Crippen LogP) is 0.734. The van der Waals surface area contributed by atoms with Crippen LogP contribution in [0.2, 0.25) is 0 Å². The molecular formula is C9H14O4. The molecular weight excluding hydrogens is 172 g/mol. The quantitative estimate of drug-likeness (QED) is 0.361. The van der Waals surface area contributed by atoms with Crippen molar-refractivity contribution in [3.05, 3.63) is 0 Å². The molecule has 0 aromatic carbocycles. The maximum atomic E-state index is 11.1. The van der Waals surface area contributed by atoms with Gasteiger partial charge in [0.15, 0.2) is 0 Å². The summed E-state index contributed by atoms with van der Waals surface area (Å²) in [6.07, 6.45) is 0.949. The van der Waals surface area contributed by atoms with Gasteiger partial charge in [-0.25, -0.2) is 0 Å². The molecule has 0 rings (SSSR count). The van der Waals surface area contributed by atoms with Gasteiger partial charge in [0, 0.05) is 6.42 Å². The van der Waals surface area contributed by atoms with E-state index in [2.05, 4.69) is 4.74 Å². The van der Waals surface area contributed by atoms with E-state index in [0.29, 0.717) is 6.29 Å². The number of carbonyl (C=O) groups excluding carboxylic acids is 3. The molecule has 0 radical (unpaired) electrons. The van der Waals surface area contributed by atoms with Crippen LogP contribution in [0.4, 0.5) is 0 Å². The third-order valence-corrected chi connectivity index (χ3v) is 1.91. The first kappa shape index (κ1) is 11.8. The Kier molecular flexibility index (Phi) is 4.31. The van der Waals surface area contributed by atoms with E-state index < -0.39 is 11.4 Å². The molecule has 1 unspecified atom stereocenters. The van der Waals surface area contributed by atoms with Crippen LogP contribution >= 0.6 is 0 Å². The fourth-order valence-corrected chi connectivity index (χ4v) is 0.878. The van der Waals surface area contributed by atoms with Crippen molar-refractivity contribution >= 4 is 18.0 Å². The second-order valence-electron chi connectivity index (χ2n) is 3.23. The van der Waals surface area contributed by atoms with Crippen LogP contribution in [-0.4, -0.2) is 25.1 Å². The van der Waals surface area contributed by atoms with Crippen molar-refractivity contribution in [1.82, 2.24) is 0 Å². The first-order valence-corrected chi connectivity index (χ1v) is 4.00. The van der Waals surface area contributed by atoms with Crippen LogP contribution in [0.3, 0.4) is 0 Å². The molecule has 4 nitrogen and oxygen atoms in total. The molecule has 0 fully saturated rings. The van der Waals surface area contributed by atoms with Gasteiger partial charge in [-0.3, -0.25) is 4.79 Å². The molecule has 0 spiro atoms. The van der Waals surface area contributed by atoms with Crippen molar-refractivity contribution in [2.75, 3.05) is 7.11 Å². The van der Waals surface area contributed by atoms with Crippen molar-refractivity contribution in [1.29, 1.82) is 0 Å². The molecule has 0 aromatic heterocycles. The fourth-order valence-electron chi connectivity index (χ4n) is 0.878. The number of ketones is 1. The first-order valence-electron chi connectivity index (χ1n) is 4.00. The van der Waals surface area contributed by atoms with E-state index in [1.807, 2.05) is 0 Å². The monoisotopic (exact) mass is 186 g/mol. The summed E-state index contributed by atoms with van der Waals surface area (Å²) in [5, 5.41) is 0. The number of methoxy groups -OCH3 is 1. The Morgan fingerprint density at radius 2 is 2.00 bits per heavy atom. The van der Waals surface area contributed by atoms with Crippen LogP contribution in [0.1, 0.15) is 26.7 Å². The molecule has 0 aromatic rings. The van der Waals surface area contributed by atoms with Gasteiger partial charge in [-0.05, 0) is 20.3 Å². The molecule has 4 heteroatoms. The number of Topliss-reactive ketones (excluding diaryl/α,β-unsaturated/α-hetero) is 1. The zero-order valence-electron chi connectivity index (χ0n) is 8.12. The average Bonchev–Trinajstić information content (AvgIpc) is 2.12. The summed E-state index contributed by atoms with van der Waals surface area (Å²) >= 11 is 0. The van der Waals surface area contributed by atoms with Gasteiger partial charge in [-0.2, -0.15) is 0 Å². The van der Waals surface area contributed by atoms with E-state index in [1.54, 1.807) is 0 Å². The summed E-state index contributed by atoms with van der Waals surface area (Å²) in [4.78, 5) is 32.4. The Bertz CT molecular complexity index is 222. The maximum Gasteiger partial charge on any atom is 0.318 e. The smallest absolute Gasteiger partial charge is 0.318 e. The fraction of sp³-hybridized carbons (Fsp3) is 0.667. The third-order valence-electron chi connectivity index (χ3n) is 1.91. The number of hydrogen-bond acceptors (Lipinski definition) is 4. The minimum Gasteiger partial charge on any atom is -0.468 e. The van der Waals surface area contributed by atoms with Crippen molar-refractivity contribution in [2.45, 2.75) is 26.7 Å². The lowest BCUT2D eigenvalue weighted by molar-refractivity contribution is -0.154. The second-order valence-corrected chi connectivity index (χ2v) is 3.23. The molecule has 0 saturated carbocycles. The molecule has 13 heavy (non-hydrogen) atoms. The predicted molar refractivity (Wildman–Crippen MR) is 46.1 cm³/mol. The second kappa shape index (κ2) is 4.74. The van der Waals surface area contributed by atoms with Gasteiger partial charge in [0.1, 0.15) is 17.5 Å². The SMILES string of the molecule is COC(=O)C(C)(C=O)CCC(C)=O. The molecule has 0 heterocycles. The highest BCUT2D eigenvalue weighted by Gasteiger charge is 2.33. The van der Waals surface area contributed by atoms with Gasteiger partial charge in [0.2, 0.25) is 0 Å². The van der Waals surface area contributed by atoms with Crippen LogP contribution < -0.4 is 0 Å². The van der Waals surface area contributed by atoms with E-state index in [1.165, 1.54) is 21.0 Å². The minimum atomic E-state index is -1.18. The molecule has 0 aliphatic rings. The van der Waals surface area contributed by atoms with Crippen molar-refractivity contribution in [3.8, 4) is 0 Å². The normalized spacial score (nSPS) is 14.4. The van der Waals surface area contributed by atoms with Gasteiger partial charge in [-0.15, -0.1) is 0 Å². The van der Waals surface area contributed by atoms with E-state index in [0.717, 1.165) is 0 Å². The van der Waals surface area contributed by atoms with Crippen LogP contribution in [0, 0.1) is 5.41 Å². The Labute approximate surface area is 77.3 Å². The Balaban J connectivity index is 4.36. The Morgan fingerprint density at radius 3 is 2.31 bits per heavy atom. The Morgan fingerprint density at radius 1 is 1.46 bits per heavy atom. The lowest BCUT2D eigenvalue weighted by atomic mass is 9.86. The molecule has 74 valence electrons. The summed E-state index contributed by atoms with van der Waals surface area (Å²) in [5.41, 5.74) is -1.18. The van der Waals surface area contributed by atoms with Gasteiger partial charge < -0.3 is 14.3 Å². The summed E-state index contributed by atoms with van der Waals surface area (Å²) in [7, 11) is 1.22.